The predicted octanol–water partition coefficient (Wildman–Crippen LogP) is 2.50. The number of β-amino-alcohol motifs (C(OH)–C–C–N with tert-alkyl or cyclic N) is 1. The van der Waals surface area contributed by atoms with E-state index in [-0.39, 0.29) is 6.10 Å². The zero-order chi connectivity index (χ0) is 17.6. The monoisotopic (exact) mass is 360 g/mol. The summed E-state index contributed by atoms with van der Waals surface area (Å²) in [6.07, 6.45) is 4.76. The van der Waals surface area contributed by atoms with Gasteiger partial charge in [-0.1, -0.05) is 29.8 Å². The third-order valence-corrected chi connectivity index (χ3v) is 5.23. The van der Waals surface area contributed by atoms with Crippen LogP contribution in [0.2, 0.25) is 0 Å². The highest BCUT2D eigenvalue weighted by molar-refractivity contribution is 7.98. The molecule has 1 aromatic heterocycles. The first-order valence-corrected chi connectivity index (χ1v) is 10.4. The van der Waals surface area contributed by atoms with E-state index in [9.17, 15) is 5.11 Å². The van der Waals surface area contributed by atoms with Crippen LogP contribution in [0.5, 0.6) is 0 Å². The van der Waals surface area contributed by atoms with Gasteiger partial charge in [-0.15, -0.1) is 0 Å². The molecule has 5 nitrogen and oxygen atoms in total. The molecule has 1 atom stereocenters. The summed E-state index contributed by atoms with van der Waals surface area (Å²) in [6, 6.07) is 8.60. The van der Waals surface area contributed by atoms with Crippen LogP contribution in [0.25, 0.3) is 0 Å². The van der Waals surface area contributed by atoms with Gasteiger partial charge in [0.15, 0.2) is 5.82 Å². The second kappa shape index (κ2) is 8.83. The molecule has 25 heavy (non-hydrogen) atoms. The number of benzene rings is 1. The van der Waals surface area contributed by atoms with Crippen molar-refractivity contribution < 1.29 is 5.11 Å². The molecule has 1 unspecified atom stereocenters. The van der Waals surface area contributed by atoms with Crippen LogP contribution >= 0.6 is 11.8 Å². The Kier molecular flexibility index (Phi) is 6.51. The van der Waals surface area contributed by atoms with Crippen molar-refractivity contribution in [3.63, 3.8) is 0 Å². The lowest BCUT2D eigenvalue weighted by Crippen LogP contribution is -2.38. The molecule has 3 rings (SSSR count). The van der Waals surface area contributed by atoms with E-state index >= 15 is 0 Å². The maximum Gasteiger partial charge on any atom is 0.151 e. The van der Waals surface area contributed by atoms with Crippen LogP contribution in [0.3, 0.4) is 0 Å². The number of piperidine rings is 1. The van der Waals surface area contributed by atoms with Crippen LogP contribution in [0.4, 0.5) is 0 Å². The average Bonchev–Trinajstić information content (AvgIpc) is 2.96. The van der Waals surface area contributed by atoms with E-state index in [4.69, 9.17) is 10.1 Å². The number of thioether (sulfide) groups is 1. The van der Waals surface area contributed by atoms with Gasteiger partial charge in [0.1, 0.15) is 5.82 Å². The first-order valence-electron chi connectivity index (χ1n) is 9.01. The first-order chi connectivity index (χ1) is 12.1. The smallest absolute Gasteiger partial charge is 0.151 e. The van der Waals surface area contributed by atoms with Crippen molar-refractivity contribution in [3.05, 3.63) is 47.0 Å². The second-order valence-corrected chi connectivity index (χ2v) is 7.85. The maximum absolute atomic E-state index is 9.92. The van der Waals surface area contributed by atoms with Crippen LogP contribution in [0, 0.1) is 6.92 Å². The normalized spacial score (nSPS) is 18.6. The van der Waals surface area contributed by atoms with Crippen LogP contribution in [0.15, 0.2) is 24.3 Å². The molecule has 0 amide bonds. The first kappa shape index (κ1) is 18.4. The summed E-state index contributed by atoms with van der Waals surface area (Å²) < 4.78 is 2.04. The summed E-state index contributed by atoms with van der Waals surface area (Å²) in [4.78, 5) is 7.09. The van der Waals surface area contributed by atoms with Gasteiger partial charge in [0, 0.05) is 18.7 Å². The number of aromatic nitrogens is 3. The third-order valence-electron chi connectivity index (χ3n) is 4.62. The number of aliphatic hydroxyl groups excluding tert-OH is 1. The summed E-state index contributed by atoms with van der Waals surface area (Å²) in [5.41, 5.74) is 2.51. The van der Waals surface area contributed by atoms with E-state index in [0.717, 1.165) is 62.8 Å². The van der Waals surface area contributed by atoms with Gasteiger partial charge in [0.2, 0.25) is 0 Å². The Balaban J connectivity index is 1.76. The highest BCUT2D eigenvalue weighted by atomic mass is 32.2. The van der Waals surface area contributed by atoms with Gasteiger partial charge < -0.3 is 5.11 Å². The van der Waals surface area contributed by atoms with Crippen molar-refractivity contribution >= 4 is 11.8 Å². The lowest BCUT2D eigenvalue weighted by molar-refractivity contribution is 0.0648. The van der Waals surface area contributed by atoms with Gasteiger partial charge in [0.05, 0.1) is 19.2 Å². The molecule has 1 aromatic carbocycles. The lowest BCUT2D eigenvalue weighted by atomic mass is 10.1. The highest BCUT2D eigenvalue weighted by Crippen LogP contribution is 2.15. The van der Waals surface area contributed by atoms with E-state index in [1.54, 1.807) is 0 Å². The van der Waals surface area contributed by atoms with Gasteiger partial charge >= 0.3 is 0 Å². The number of nitrogens with zero attached hydrogens (tertiary/aromatic N) is 4. The quantitative estimate of drug-likeness (QED) is 0.822. The maximum atomic E-state index is 9.92. The Morgan fingerprint density at radius 3 is 2.76 bits per heavy atom. The van der Waals surface area contributed by atoms with E-state index in [0.29, 0.717) is 0 Å². The molecule has 1 fully saturated rings. The Labute approximate surface area is 154 Å². The number of aryl methyl sites for hydroxylation is 2. The van der Waals surface area contributed by atoms with Crippen molar-refractivity contribution in [2.75, 3.05) is 25.1 Å². The number of likely N-dealkylation sites (tertiary alicyclic amines) is 1. The van der Waals surface area contributed by atoms with E-state index < -0.39 is 0 Å². The summed E-state index contributed by atoms with van der Waals surface area (Å²) in [6.45, 7) is 5.37. The largest absolute Gasteiger partial charge is 0.392 e. The molecule has 6 heteroatoms. The minimum Gasteiger partial charge on any atom is -0.392 e. The molecule has 1 aliphatic heterocycles. The van der Waals surface area contributed by atoms with Crippen molar-refractivity contribution in [1.82, 2.24) is 19.7 Å². The standard InChI is InChI=1S/C19H28N4OS/c1-15-5-7-16(8-6-15)12-23-19(20-18(21-23)9-11-25-2)14-22-10-3-4-17(24)13-22/h5-8,17,24H,3-4,9-14H2,1-2H3. The Morgan fingerprint density at radius 2 is 2.04 bits per heavy atom. The number of rotatable bonds is 7. The summed E-state index contributed by atoms with van der Waals surface area (Å²) in [5.74, 6) is 2.97. The van der Waals surface area contributed by atoms with Crippen molar-refractivity contribution in [3.8, 4) is 0 Å². The number of hydrogen-bond donors (Lipinski definition) is 1. The highest BCUT2D eigenvalue weighted by Gasteiger charge is 2.20. The van der Waals surface area contributed by atoms with Gasteiger partial charge in [-0.25, -0.2) is 9.67 Å². The van der Waals surface area contributed by atoms with Crippen LogP contribution in [-0.4, -0.2) is 56.0 Å². The van der Waals surface area contributed by atoms with E-state index in [1.165, 1.54) is 11.1 Å². The van der Waals surface area contributed by atoms with Gasteiger partial charge in [-0.3, -0.25) is 4.90 Å². The topological polar surface area (TPSA) is 54.2 Å². The SMILES string of the molecule is CSCCc1nc(CN2CCCC(O)C2)n(Cc2ccc(C)cc2)n1. The van der Waals surface area contributed by atoms with Gasteiger partial charge in [-0.2, -0.15) is 16.9 Å². The van der Waals surface area contributed by atoms with Crippen molar-refractivity contribution in [1.29, 1.82) is 0 Å². The Bertz CT molecular complexity index is 671. The molecule has 0 saturated carbocycles. The summed E-state index contributed by atoms with van der Waals surface area (Å²) in [5, 5.41) is 14.7. The zero-order valence-corrected chi connectivity index (χ0v) is 16.0. The molecule has 0 aliphatic carbocycles. The fraction of sp³-hybridized carbons (Fsp3) is 0.579. The van der Waals surface area contributed by atoms with Gasteiger partial charge in [0.25, 0.3) is 0 Å². The molecule has 2 aromatic rings. The molecule has 136 valence electrons. The van der Waals surface area contributed by atoms with Crippen molar-refractivity contribution in [2.45, 2.75) is 45.4 Å². The van der Waals surface area contributed by atoms with E-state index in [1.807, 2.05) is 16.4 Å². The van der Waals surface area contributed by atoms with Crippen LogP contribution in [-0.2, 0) is 19.5 Å². The van der Waals surface area contributed by atoms with Gasteiger partial charge in [-0.05, 0) is 38.1 Å². The molecule has 0 radical (unpaired) electrons. The Hall–Kier alpha value is -1.37. The lowest BCUT2D eigenvalue weighted by Gasteiger charge is -2.29. The molecule has 1 N–H and O–H groups in total. The zero-order valence-electron chi connectivity index (χ0n) is 15.2. The predicted molar refractivity (Wildman–Crippen MR) is 103 cm³/mol. The molecule has 0 bridgehead atoms. The van der Waals surface area contributed by atoms with Crippen molar-refractivity contribution in [2.24, 2.45) is 0 Å². The minimum absolute atomic E-state index is 0.210. The van der Waals surface area contributed by atoms with Crippen LogP contribution in [0.1, 0.15) is 35.6 Å². The fourth-order valence-electron chi connectivity index (χ4n) is 3.21. The molecule has 2 heterocycles. The number of hydrogen-bond acceptors (Lipinski definition) is 5. The molecule has 1 aliphatic rings. The average molecular weight is 361 g/mol. The Morgan fingerprint density at radius 1 is 1.24 bits per heavy atom. The summed E-state index contributed by atoms with van der Waals surface area (Å²) >= 11 is 1.82. The molecule has 0 spiro atoms. The third kappa shape index (κ3) is 5.30. The number of aliphatic hydroxyl groups is 1. The minimum atomic E-state index is -0.210. The second-order valence-electron chi connectivity index (χ2n) is 6.86. The van der Waals surface area contributed by atoms with Crippen LogP contribution < -0.4 is 0 Å². The molecular weight excluding hydrogens is 332 g/mol. The molecular formula is C19H28N4OS. The fourth-order valence-corrected chi connectivity index (χ4v) is 3.60. The molecule has 1 saturated heterocycles. The van der Waals surface area contributed by atoms with E-state index in [2.05, 4.69) is 42.3 Å². The summed E-state index contributed by atoms with van der Waals surface area (Å²) in [7, 11) is 0.